The molecule has 0 saturated heterocycles. The molecule has 0 unspecified atom stereocenters. The molecule has 0 aliphatic heterocycles. The molecule has 0 spiro atoms. The smallest absolute Gasteiger partial charge is 0.338 e. The molecular weight excluding hydrogens is 302 g/mol. The normalized spacial score (nSPS) is 9.91. The molecule has 1 aromatic rings. The van der Waals surface area contributed by atoms with E-state index < -0.39 is 24.5 Å². The van der Waals surface area contributed by atoms with Gasteiger partial charge in [-0.05, 0) is 38.1 Å². The Bertz CT molecular complexity index is 596. The minimum atomic E-state index is -0.730. The summed E-state index contributed by atoms with van der Waals surface area (Å²) in [5.74, 6) is -1.66. The number of imide groups is 1. The molecule has 0 aromatic heterocycles. The average Bonchev–Trinajstić information content (AvgIpc) is 2.44. The first-order valence-electron chi connectivity index (χ1n) is 6.93. The van der Waals surface area contributed by atoms with Crippen LogP contribution in [0.1, 0.15) is 31.1 Å². The van der Waals surface area contributed by atoms with E-state index in [0.29, 0.717) is 5.69 Å². The second-order valence-corrected chi connectivity index (χ2v) is 5.01. The highest BCUT2D eigenvalue weighted by molar-refractivity contribution is 5.97. The fourth-order valence-electron chi connectivity index (χ4n) is 1.57. The van der Waals surface area contributed by atoms with Gasteiger partial charge in [-0.15, -0.1) is 0 Å². The number of anilines is 1. The summed E-state index contributed by atoms with van der Waals surface area (Å²) in [5, 5.41) is 7.06. The number of amides is 4. The first-order chi connectivity index (χ1) is 10.8. The van der Waals surface area contributed by atoms with E-state index >= 15 is 0 Å². The minimum Gasteiger partial charge on any atom is -0.452 e. The van der Waals surface area contributed by atoms with Gasteiger partial charge in [0.2, 0.25) is 5.91 Å². The van der Waals surface area contributed by atoms with Crippen LogP contribution in [0.4, 0.5) is 10.5 Å². The van der Waals surface area contributed by atoms with Crippen molar-refractivity contribution in [2.24, 2.45) is 0 Å². The van der Waals surface area contributed by atoms with Crippen molar-refractivity contribution in [3.8, 4) is 0 Å². The second-order valence-electron chi connectivity index (χ2n) is 5.01. The third-order valence-electron chi connectivity index (χ3n) is 2.45. The van der Waals surface area contributed by atoms with Crippen molar-refractivity contribution in [2.45, 2.75) is 26.8 Å². The zero-order valence-electron chi connectivity index (χ0n) is 13.1. The van der Waals surface area contributed by atoms with Crippen molar-refractivity contribution < 1.29 is 23.9 Å². The molecule has 0 aliphatic carbocycles. The van der Waals surface area contributed by atoms with Crippen LogP contribution in [0.5, 0.6) is 0 Å². The Morgan fingerprint density at radius 1 is 1.09 bits per heavy atom. The zero-order chi connectivity index (χ0) is 17.4. The first kappa shape index (κ1) is 18.1. The van der Waals surface area contributed by atoms with Gasteiger partial charge in [0.1, 0.15) is 0 Å². The second kappa shape index (κ2) is 8.52. The van der Waals surface area contributed by atoms with Gasteiger partial charge in [-0.25, -0.2) is 9.59 Å². The number of nitrogens with one attached hydrogen (secondary N) is 3. The quantitative estimate of drug-likeness (QED) is 0.701. The Balaban J connectivity index is 2.45. The van der Waals surface area contributed by atoms with Crippen molar-refractivity contribution in [3.63, 3.8) is 0 Å². The van der Waals surface area contributed by atoms with Crippen molar-refractivity contribution >= 4 is 29.5 Å². The summed E-state index contributed by atoms with van der Waals surface area (Å²) in [6, 6.07) is 5.21. The highest BCUT2D eigenvalue weighted by Gasteiger charge is 2.13. The van der Waals surface area contributed by atoms with Gasteiger partial charge in [-0.2, -0.15) is 0 Å². The van der Waals surface area contributed by atoms with E-state index in [2.05, 4.69) is 10.6 Å². The topological polar surface area (TPSA) is 114 Å². The molecule has 0 saturated carbocycles. The lowest BCUT2D eigenvalue weighted by molar-refractivity contribution is -0.123. The number of benzene rings is 1. The monoisotopic (exact) mass is 321 g/mol. The number of carbonyl (C=O) groups excluding carboxylic acids is 4. The van der Waals surface area contributed by atoms with Gasteiger partial charge in [-0.3, -0.25) is 14.9 Å². The Labute approximate surface area is 133 Å². The highest BCUT2D eigenvalue weighted by atomic mass is 16.5. The van der Waals surface area contributed by atoms with Crippen LogP contribution in [0.3, 0.4) is 0 Å². The van der Waals surface area contributed by atoms with Crippen LogP contribution < -0.4 is 16.0 Å². The van der Waals surface area contributed by atoms with E-state index in [1.165, 1.54) is 31.2 Å². The zero-order valence-corrected chi connectivity index (χ0v) is 13.1. The van der Waals surface area contributed by atoms with Crippen LogP contribution >= 0.6 is 0 Å². The fourth-order valence-corrected chi connectivity index (χ4v) is 1.57. The molecule has 4 amide bonds. The number of urea groups is 1. The predicted octanol–water partition coefficient (Wildman–Crippen LogP) is 1.04. The molecule has 1 aromatic carbocycles. The van der Waals surface area contributed by atoms with E-state index in [4.69, 9.17) is 4.74 Å². The fraction of sp³-hybridized carbons (Fsp3) is 0.333. The van der Waals surface area contributed by atoms with Crippen molar-refractivity contribution in [2.75, 3.05) is 11.9 Å². The Kier molecular flexibility index (Phi) is 6.72. The number of hydrogen-bond acceptors (Lipinski definition) is 5. The SMILES string of the molecule is CC(=O)Nc1ccc(C(=O)OCC(=O)NC(=O)NC(C)C)cc1. The van der Waals surface area contributed by atoms with Gasteiger partial charge in [-0.1, -0.05) is 0 Å². The van der Waals surface area contributed by atoms with Crippen LogP contribution in [0.25, 0.3) is 0 Å². The maximum atomic E-state index is 11.8. The Morgan fingerprint density at radius 3 is 2.22 bits per heavy atom. The average molecular weight is 321 g/mol. The molecule has 1 rings (SSSR count). The first-order valence-corrected chi connectivity index (χ1v) is 6.93. The molecule has 3 N–H and O–H groups in total. The lowest BCUT2D eigenvalue weighted by Gasteiger charge is -2.09. The van der Waals surface area contributed by atoms with E-state index in [0.717, 1.165) is 0 Å². The van der Waals surface area contributed by atoms with Crippen molar-refractivity contribution in [1.82, 2.24) is 10.6 Å². The van der Waals surface area contributed by atoms with E-state index in [-0.39, 0.29) is 17.5 Å². The number of ether oxygens (including phenoxy) is 1. The van der Waals surface area contributed by atoms with Crippen LogP contribution in [0.15, 0.2) is 24.3 Å². The lowest BCUT2D eigenvalue weighted by atomic mass is 10.2. The van der Waals surface area contributed by atoms with E-state index in [1.807, 2.05) is 5.32 Å². The molecule has 8 nitrogen and oxygen atoms in total. The van der Waals surface area contributed by atoms with Crippen molar-refractivity contribution in [1.29, 1.82) is 0 Å². The molecule has 0 atom stereocenters. The predicted molar refractivity (Wildman–Crippen MR) is 82.8 cm³/mol. The summed E-state index contributed by atoms with van der Waals surface area (Å²) >= 11 is 0. The molecule has 0 fully saturated rings. The highest BCUT2D eigenvalue weighted by Crippen LogP contribution is 2.10. The number of rotatable bonds is 5. The molecule has 0 heterocycles. The molecule has 0 aliphatic rings. The minimum absolute atomic E-state index is 0.118. The number of esters is 1. The van der Waals surface area contributed by atoms with Gasteiger partial charge in [0.25, 0.3) is 5.91 Å². The summed E-state index contributed by atoms with van der Waals surface area (Å²) in [7, 11) is 0. The van der Waals surface area contributed by atoms with Crippen LogP contribution in [0.2, 0.25) is 0 Å². The molecular formula is C15H19N3O5. The molecule has 8 heteroatoms. The van der Waals surface area contributed by atoms with Crippen molar-refractivity contribution in [3.05, 3.63) is 29.8 Å². The van der Waals surface area contributed by atoms with Gasteiger partial charge in [0.05, 0.1) is 5.56 Å². The van der Waals surface area contributed by atoms with Crippen LogP contribution in [-0.2, 0) is 14.3 Å². The Morgan fingerprint density at radius 2 is 1.70 bits per heavy atom. The standard InChI is InChI=1S/C15H19N3O5/c1-9(2)16-15(22)18-13(20)8-23-14(21)11-4-6-12(7-5-11)17-10(3)19/h4-7,9H,8H2,1-3H3,(H,17,19)(H2,16,18,20,22). The molecule has 0 bridgehead atoms. The number of carbonyl (C=O) groups is 4. The van der Waals surface area contributed by atoms with Gasteiger partial charge < -0.3 is 15.4 Å². The maximum absolute atomic E-state index is 11.8. The molecule has 124 valence electrons. The van der Waals surface area contributed by atoms with Crippen LogP contribution in [0, 0.1) is 0 Å². The molecule has 23 heavy (non-hydrogen) atoms. The summed E-state index contributed by atoms with van der Waals surface area (Å²) in [5.41, 5.74) is 0.760. The van der Waals surface area contributed by atoms with Gasteiger partial charge in [0.15, 0.2) is 6.61 Å². The lowest BCUT2D eigenvalue weighted by Crippen LogP contribution is -2.44. The van der Waals surface area contributed by atoms with E-state index in [9.17, 15) is 19.2 Å². The van der Waals surface area contributed by atoms with E-state index in [1.54, 1.807) is 13.8 Å². The maximum Gasteiger partial charge on any atom is 0.338 e. The Hall–Kier alpha value is -2.90. The third kappa shape index (κ3) is 7.07. The largest absolute Gasteiger partial charge is 0.452 e. The summed E-state index contributed by atoms with van der Waals surface area (Å²) in [6.07, 6.45) is 0. The van der Waals surface area contributed by atoms with Crippen LogP contribution in [-0.4, -0.2) is 36.5 Å². The van der Waals surface area contributed by atoms with Gasteiger partial charge >= 0.3 is 12.0 Å². The van der Waals surface area contributed by atoms with Gasteiger partial charge in [0, 0.05) is 18.7 Å². The number of hydrogen-bond donors (Lipinski definition) is 3. The third-order valence-corrected chi connectivity index (χ3v) is 2.45. The summed E-state index contributed by atoms with van der Waals surface area (Å²) in [4.78, 5) is 45.4. The summed E-state index contributed by atoms with van der Waals surface area (Å²) < 4.78 is 4.80. The summed E-state index contributed by atoms with van der Waals surface area (Å²) in [6.45, 7) is 4.29. The molecule has 0 radical (unpaired) electrons.